The van der Waals surface area contributed by atoms with Gasteiger partial charge >= 0.3 is 0 Å². The van der Waals surface area contributed by atoms with Gasteiger partial charge in [0, 0.05) is 23.9 Å². The lowest BCUT2D eigenvalue weighted by Gasteiger charge is -2.10. The third-order valence-electron chi connectivity index (χ3n) is 3.32. The zero-order chi connectivity index (χ0) is 15.2. The van der Waals surface area contributed by atoms with Crippen molar-refractivity contribution in [2.75, 3.05) is 6.54 Å². The summed E-state index contributed by atoms with van der Waals surface area (Å²) in [6.07, 6.45) is 4.57. The fourth-order valence-electron chi connectivity index (χ4n) is 2.32. The molecule has 1 N–H and O–H groups in total. The van der Waals surface area contributed by atoms with Crippen LogP contribution in [-0.2, 0) is 13.0 Å². The predicted molar refractivity (Wildman–Crippen MR) is 79.5 cm³/mol. The van der Waals surface area contributed by atoms with Crippen LogP contribution in [0.25, 0.3) is 5.69 Å². The molecule has 0 amide bonds. The minimum Gasteiger partial charge on any atom is -0.313 e. The van der Waals surface area contributed by atoms with Crippen molar-refractivity contribution < 1.29 is 8.78 Å². The highest BCUT2D eigenvalue weighted by Gasteiger charge is 2.14. The highest BCUT2D eigenvalue weighted by Crippen LogP contribution is 2.20. The van der Waals surface area contributed by atoms with Crippen LogP contribution in [0.5, 0.6) is 0 Å². The van der Waals surface area contributed by atoms with Gasteiger partial charge in [-0.2, -0.15) is 5.10 Å². The van der Waals surface area contributed by atoms with Crippen LogP contribution in [0.4, 0.5) is 8.78 Å². The lowest BCUT2D eigenvalue weighted by Crippen LogP contribution is -2.15. The first-order valence-corrected chi connectivity index (χ1v) is 7.39. The van der Waals surface area contributed by atoms with E-state index in [1.54, 1.807) is 10.9 Å². The average molecular weight is 293 g/mol. The summed E-state index contributed by atoms with van der Waals surface area (Å²) < 4.78 is 28.6. The topological polar surface area (TPSA) is 29.9 Å². The number of halogens is 2. The van der Waals surface area contributed by atoms with E-state index in [0.717, 1.165) is 43.1 Å². The Morgan fingerprint density at radius 2 is 2.00 bits per heavy atom. The van der Waals surface area contributed by atoms with Crippen LogP contribution in [0.1, 0.15) is 37.9 Å². The van der Waals surface area contributed by atoms with Crippen molar-refractivity contribution >= 4 is 0 Å². The van der Waals surface area contributed by atoms with Crippen molar-refractivity contribution in [2.24, 2.45) is 0 Å². The van der Waals surface area contributed by atoms with Crippen LogP contribution in [0.15, 0.2) is 24.4 Å². The first-order chi connectivity index (χ1) is 10.2. The zero-order valence-corrected chi connectivity index (χ0v) is 12.5. The molecule has 0 atom stereocenters. The summed E-state index contributed by atoms with van der Waals surface area (Å²) >= 11 is 0. The van der Waals surface area contributed by atoms with Crippen LogP contribution in [0, 0.1) is 11.6 Å². The summed E-state index contributed by atoms with van der Waals surface area (Å²) in [5, 5.41) is 7.62. The molecule has 0 radical (unpaired) electrons. The number of nitrogens with zero attached hydrogens (tertiary/aromatic N) is 2. The molecule has 21 heavy (non-hydrogen) atoms. The van der Waals surface area contributed by atoms with Gasteiger partial charge in [-0.3, -0.25) is 0 Å². The summed E-state index contributed by atoms with van der Waals surface area (Å²) in [5.74, 6) is -1.17. The lowest BCUT2D eigenvalue weighted by atomic mass is 10.1. The molecular weight excluding hydrogens is 272 g/mol. The third-order valence-corrected chi connectivity index (χ3v) is 3.32. The number of rotatable bonds is 7. The summed E-state index contributed by atoms with van der Waals surface area (Å²) in [6, 6.07) is 3.58. The SMILES string of the molecule is CCCNCc1cnn(-c2ccc(F)cc2F)c1CCC. The van der Waals surface area contributed by atoms with E-state index < -0.39 is 11.6 Å². The molecular formula is C16H21F2N3. The second kappa shape index (κ2) is 7.31. The maximum atomic E-state index is 14.0. The van der Waals surface area contributed by atoms with Crippen LogP contribution < -0.4 is 5.32 Å². The van der Waals surface area contributed by atoms with Crippen molar-refractivity contribution in [1.82, 2.24) is 15.1 Å². The predicted octanol–water partition coefficient (Wildman–Crippen LogP) is 3.60. The molecule has 2 aromatic rings. The Morgan fingerprint density at radius 3 is 2.67 bits per heavy atom. The Labute approximate surface area is 124 Å². The molecule has 0 fully saturated rings. The van der Waals surface area contributed by atoms with E-state index in [4.69, 9.17) is 0 Å². The number of benzene rings is 1. The minimum absolute atomic E-state index is 0.293. The molecule has 0 saturated carbocycles. The second-order valence-electron chi connectivity index (χ2n) is 5.05. The Morgan fingerprint density at radius 1 is 1.19 bits per heavy atom. The van der Waals surface area contributed by atoms with E-state index in [9.17, 15) is 8.78 Å². The van der Waals surface area contributed by atoms with Gasteiger partial charge in [-0.05, 0) is 31.5 Å². The standard InChI is InChI=1S/C16H21F2N3/c1-3-5-15-12(10-19-8-4-2)11-20-21(15)16-7-6-13(17)9-14(16)18/h6-7,9,11,19H,3-5,8,10H2,1-2H3. The van der Waals surface area contributed by atoms with E-state index in [1.807, 2.05) is 0 Å². The molecule has 1 aromatic carbocycles. The van der Waals surface area contributed by atoms with E-state index in [1.165, 1.54) is 12.1 Å². The number of nitrogens with one attached hydrogen (secondary N) is 1. The minimum atomic E-state index is -0.594. The largest absolute Gasteiger partial charge is 0.313 e. The molecule has 0 unspecified atom stereocenters. The lowest BCUT2D eigenvalue weighted by molar-refractivity contribution is 0.570. The molecule has 0 aliphatic rings. The molecule has 114 valence electrons. The highest BCUT2D eigenvalue weighted by molar-refractivity contribution is 5.37. The van der Waals surface area contributed by atoms with Crippen molar-refractivity contribution in [3.05, 3.63) is 47.3 Å². The first-order valence-electron chi connectivity index (χ1n) is 7.39. The highest BCUT2D eigenvalue weighted by atomic mass is 19.1. The normalized spacial score (nSPS) is 11.0. The smallest absolute Gasteiger partial charge is 0.151 e. The van der Waals surface area contributed by atoms with E-state index in [-0.39, 0.29) is 0 Å². The Bertz CT molecular complexity index is 593. The first kappa shape index (κ1) is 15.6. The van der Waals surface area contributed by atoms with Crippen molar-refractivity contribution in [3.8, 4) is 5.69 Å². The summed E-state index contributed by atoms with van der Waals surface area (Å²) in [5.41, 5.74) is 2.34. The van der Waals surface area contributed by atoms with Crippen molar-refractivity contribution in [3.63, 3.8) is 0 Å². The summed E-state index contributed by atoms with van der Waals surface area (Å²) in [7, 11) is 0. The zero-order valence-electron chi connectivity index (χ0n) is 12.5. The Kier molecular flexibility index (Phi) is 5.44. The molecule has 5 heteroatoms. The Balaban J connectivity index is 2.34. The number of hydrogen-bond donors (Lipinski definition) is 1. The van der Waals surface area contributed by atoms with Gasteiger partial charge in [0.25, 0.3) is 0 Å². The molecule has 1 aromatic heterocycles. The van der Waals surface area contributed by atoms with Gasteiger partial charge in [-0.25, -0.2) is 13.5 Å². The molecule has 0 saturated heterocycles. The maximum absolute atomic E-state index is 14.0. The summed E-state index contributed by atoms with van der Waals surface area (Å²) in [6.45, 7) is 5.83. The number of hydrogen-bond acceptors (Lipinski definition) is 2. The van der Waals surface area contributed by atoms with Gasteiger partial charge in [0.1, 0.15) is 11.5 Å². The monoisotopic (exact) mass is 293 g/mol. The fourth-order valence-corrected chi connectivity index (χ4v) is 2.32. The van der Waals surface area contributed by atoms with Crippen LogP contribution in [0.3, 0.4) is 0 Å². The molecule has 0 aliphatic carbocycles. The van der Waals surface area contributed by atoms with Crippen LogP contribution in [0.2, 0.25) is 0 Å². The van der Waals surface area contributed by atoms with Crippen LogP contribution in [-0.4, -0.2) is 16.3 Å². The van der Waals surface area contributed by atoms with Gasteiger partial charge in [-0.1, -0.05) is 20.3 Å². The summed E-state index contributed by atoms with van der Waals surface area (Å²) in [4.78, 5) is 0. The second-order valence-corrected chi connectivity index (χ2v) is 5.05. The number of aromatic nitrogens is 2. The third kappa shape index (κ3) is 3.67. The molecule has 0 spiro atoms. The van der Waals surface area contributed by atoms with Gasteiger partial charge in [0.05, 0.1) is 6.20 Å². The van der Waals surface area contributed by atoms with Gasteiger partial charge in [-0.15, -0.1) is 0 Å². The molecule has 2 rings (SSSR count). The molecule has 0 bridgehead atoms. The van der Waals surface area contributed by atoms with Gasteiger partial charge in [0.15, 0.2) is 5.82 Å². The van der Waals surface area contributed by atoms with Gasteiger partial charge < -0.3 is 5.32 Å². The van der Waals surface area contributed by atoms with E-state index in [2.05, 4.69) is 24.3 Å². The van der Waals surface area contributed by atoms with E-state index >= 15 is 0 Å². The Hall–Kier alpha value is -1.75. The quantitative estimate of drug-likeness (QED) is 0.790. The van der Waals surface area contributed by atoms with Crippen molar-refractivity contribution in [2.45, 2.75) is 39.7 Å². The van der Waals surface area contributed by atoms with E-state index in [0.29, 0.717) is 12.2 Å². The van der Waals surface area contributed by atoms with Crippen LogP contribution >= 0.6 is 0 Å². The fraction of sp³-hybridized carbons (Fsp3) is 0.438. The maximum Gasteiger partial charge on any atom is 0.151 e. The molecule has 0 aliphatic heterocycles. The molecule has 3 nitrogen and oxygen atoms in total. The molecule has 1 heterocycles. The van der Waals surface area contributed by atoms with Gasteiger partial charge in [0.2, 0.25) is 0 Å². The van der Waals surface area contributed by atoms with Crippen molar-refractivity contribution in [1.29, 1.82) is 0 Å². The average Bonchev–Trinajstić information content (AvgIpc) is 2.83.